The second-order valence-electron chi connectivity index (χ2n) is 9.24. The van der Waals surface area contributed by atoms with Crippen LogP contribution in [0.3, 0.4) is 0 Å². The van der Waals surface area contributed by atoms with Crippen LogP contribution < -0.4 is 14.4 Å². The van der Waals surface area contributed by atoms with E-state index >= 15 is 0 Å². The average Bonchev–Trinajstić information content (AvgIpc) is 2.94. The summed E-state index contributed by atoms with van der Waals surface area (Å²) >= 11 is 0. The number of nitrogens with zero attached hydrogens (tertiary/aromatic N) is 2. The van der Waals surface area contributed by atoms with Crippen LogP contribution in [0.25, 0.3) is 0 Å². The molecule has 0 aliphatic heterocycles. The van der Waals surface area contributed by atoms with Crippen LogP contribution in [-0.4, -0.2) is 51.4 Å². The van der Waals surface area contributed by atoms with Crippen LogP contribution in [0.5, 0.6) is 5.75 Å². The van der Waals surface area contributed by atoms with Crippen LogP contribution in [0.15, 0.2) is 77.7 Å². The van der Waals surface area contributed by atoms with Crippen molar-refractivity contribution < 1.29 is 22.7 Å². The molecule has 39 heavy (non-hydrogen) atoms. The maximum absolute atomic E-state index is 14.1. The third-order valence-electron chi connectivity index (χ3n) is 6.68. The molecule has 0 aliphatic carbocycles. The van der Waals surface area contributed by atoms with Gasteiger partial charge in [-0.15, -0.1) is 0 Å². The van der Waals surface area contributed by atoms with E-state index in [2.05, 4.69) is 5.32 Å². The van der Waals surface area contributed by atoms with E-state index in [1.807, 2.05) is 45.9 Å². The molecule has 0 saturated carbocycles. The molecule has 1 N–H and O–H groups in total. The number of likely N-dealkylation sites (N-methyl/N-ethyl adjacent to an activating group) is 1. The monoisotopic (exact) mass is 551 g/mol. The number of rotatable bonds is 12. The molecule has 0 aromatic heterocycles. The van der Waals surface area contributed by atoms with Gasteiger partial charge in [-0.2, -0.15) is 0 Å². The number of anilines is 1. The van der Waals surface area contributed by atoms with Crippen LogP contribution >= 0.6 is 0 Å². The van der Waals surface area contributed by atoms with Gasteiger partial charge in [-0.3, -0.25) is 13.9 Å². The van der Waals surface area contributed by atoms with Gasteiger partial charge in [0.05, 0.1) is 17.7 Å². The summed E-state index contributed by atoms with van der Waals surface area (Å²) in [5.74, 6) is -0.161. The van der Waals surface area contributed by atoms with Crippen LogP contribution in [0.1, 0.15) is 37.0 Å². The van der Waals surface area contributed by atoms with Crippen molar-refractivity contribution in [3.8, 4) is 5.75 Å². The third kappa shape index (κ3) is 6.97. The van der Waals surface area contributed by atoms with E-state index in [1.54, 1.807) is 49.6 Å². The summed E-state index contributed by atoms with van der Waals surface area (Å²) in [7, 11) is -2.55. The molecule has 0 radical (unpaired) electrons. The van der Waals surface area contributed by atoms with Crippen molar-refractivity contribution in [1.29, 1.82) is 0 Å². The van der Waals surface area contributed by atoms with Crippen molar-refractivity contribution >= 4 is 27.5 Å². The quantitative estimate of drug-likeness (QED) is 0.359. The number of hydrogen-bond donors (Lipinski definition) is 1. The van der Waals surface area contributed by atoms with Crippen molar-refractivity contribution in [2.45, 2.75) is 51.6 Å². The summed E-state index contributed by atoms with van der Waals surface area (Å²) in [6.45, 7) is 7.42. The molecule has 0 saturated heterocycles. The van der Waals surface area contributed by atoms with Crippen molar-refractivity contribution in [1.82, 2.24) is 10.2 Å². The minimum atomic E-state index is -4.10. The average molecular weight is 552 g/mol. The van der Waals surface area contributed by atoms with Crippen molar-refractivity contribution in [2.75, 3.05) is 24.5 Å². The molecular formula is C30H37N3O5S. The van der Waals surface area contributed by atoms with Gasteiger partial charge >= 0.3 is 0 Å². The Hall–Kier alpha value is -3.85. The number of ether oxygens (including phenoxy) is 1. The lowest BCUT2D eigenvalue weighted by atomic mass is 10.1. The summed E-state index contributed by atoms with van der Waals surface area (Å²) in [6.07, 6.45) is 0.358. The first-order chi connectivity index (χ1) is 18.6. The molecule has 8 nitrogen and oxygen atoms in total. The van der Waals surface area contributed by atoms with Crippen LogP contribution in [-0.2, 0) is 26.2 Å². The highest BCUT2D eigenvalue weighted by atomic mass is 32.2. The molecule has 0 aliphatic rings. The number of methoxy groups -OCH3 is 1. The standard InChI is InChI=1S/C30H37N3O5S/c1-6-27(30(35)31-7-2)32(20-24-14-12-15-25(19-24)38-5)29(34)21-33(28-18-11-13-22(3)23(28)4)39(36,37)26-16-9-8-10-17-26/h8-19,27H,6-7,20-21H2,1-5H3,(H,31,35). The number of aryl methyl sites for hydroxylation is 1. The Labute approximate surface area is 231 Å². The maximum atomic E-state index is 14.1. The largest absolute Gasteiger partial charge is 0.497 e. The topological polar surface area (TPSA) is 96.0 Å². The molecule has 3 aromatic rings. The number of amides is 2. The molecule has 2 amide bonds. The fraction of sp³-hybridized carbons (Fsp3) is 0.333. The zero-order valence-corrected chi connectivity index (χ0v) is 24.0. The molecule has 3 aromatic carbocycles. The SMILES string of the molecule is CCNC(=O)C(CC)N(Cc1cccc(OC)c1)C(=O)CN(c1cccc(C)c1C)S(=O)(=O)c1ccccc1. The molecule has 0 heterocycles. The van der Waals surface area contributed by atoms with Gasteiger partial charge in [0.15, 0.2) is 0 Å². The fourth-order valence-corrected chi connectivity index (χ4v) is 5.91. The predicted molar refractivity (Wildman–Crippen MR) is 153 cm³/mol. The molecule has 0 fully saturated rings. The molecule has 208 valence electrons. The number of nitrogens with one attached hydrogen (secondary N) is 1. The van der Waals surface area contributed by atoms with Gasteiger partial charge in [0.2, 0.25) is 11.8 Å². The first kappa shape index (κ1) is 29.7. The summed E-state index contributed by atoms with van der Waals surface area (Å²) in [4.78, 5) is 28.7. The van der Waals surface area contributed by atoms with E-state index in [4.69, 9.17) is 4.74 Å². The van der Waals surface area contributed by atoms with E-state index in [-0.39, 0.29) is 17.3 Å². The van der Waals surface area contributed by atoms with Crippen molar-refractivity contribution in [2.24, 2.45) is 0 Å². The van der Waals surface area contributed by atoms with E-state index < -0.39 is 28.5 Å². The van der Waals surface area contributed by atoms with Gasteiger partial charge in [0.25, 0.3) is 10.0 Å². The molecule has 0 bridgehead atoms. The van der Waals surface area contributed by atoms with Crippen LogP contribution in [0.4, 0.5) is 5.69 Å². The highest BCUT2D eigenvalue weighted by Gasteiger charge is 2.34. The predicted octanol–water partition coefficient (Wildman–Crippen LogP) is 4.45. The Morgan fingerprint density at radius 1 is 0.949 bits per heavy atom. The Balaban J connectivity index is 2.10. The Kier molecular flexibility index (Phi) is 10.1. The van der Waals surface area contributed by atoms with Gasteiger partial charge in [-0.25, -0.2) is 8.42 Å². The molecule has 1 atom stereocenters. The van der Waals surface area contributed by atoms with Gasteiger partial charge in [0, 0.05) is 13.1 Å². The van der Waals surface area contributed by atoms with Crippen LogP contribution in [0.2, 0.25) is 0 Å². The molecule has 1 unspecified atom stereocenters. The second kappa shape index (κ2) is 13.3. The Morgan fingerprint density at radius 3 is 2.28 bits per heavy atom. The fourth-order valence-electron chi connectivity index (χ4n) is 4.42. The Morgan fingerprint density at radius 2 is 1.64 bits per heavy atom. The Bertz CT molecular complexity index is 1390. The molecule has 0 spiro atoms. The summed E-state index contributed by atoms with van der Waals surface area (Å²) in [5.41, 5.74) is 2.82. The summed E-state index contributed by atoms with van der Waals surface area (Å²) in [5, 5.41) is 2.81. The van der Waals surface area contributed by atoms with Gasteiger partial charge < -0.3 is 15.0 Å². The first-order valence-electron chi connectivity index (χ1n) is 13.0. The van der Waals surface area contributed by atoms with E-state index in [1.165, 1.54) is 17.0 Å². The zero-order chi connectivity index (χ0) is 28.6. The van der Waals surface area contributed by atoms with Crippen molar-refractivity contribution in [3.05, 3.63) is 89.5 Å². The van der Waals surface area contributed by atoms with E-state index in [0.29, 0.717) is 24.4 Å². The highest BCUT2D eigenvalue weighted by Crippen LogP contribution is 2.29. The van der Waals surface area contributed by atoms with E-state index in [0.717, 1.165) is 21.0 Å². The number of sulfonamides is 1. The normalized spacial score (nSPS) is 11.9. The second-order valence-corrected chi connectivity index (χ2v) is 11.1. The zero-order valence-electron chi connectivity index (χ0n) is 23.2. The van der Waals surface area contributed by atoms with Gasteiger partial charge in [0.1, 0.15) is 18.3 Å². The van der Waals surface area contributed by atoms with E-state index in [9.17, 15) is 18.0 Å². The summed E-state index contributed by atoms with van der Waals surface area (Å²) in [6, 6.07) is 19.9. The minimum Gasteiger partial charge on any atom is -0.497 e. The summed E-state index contributed by atoms with van der Waals surface area (Å²) < 4.78 is 34.4. The van der Waals surface area contributed by atoms with Crippen LogP contribution in [0, 0.1) is 13.8 Å². The third-order valence-corrected chi connectivity index (χ3v) is 8.45. The lowest BCUT2D eigenvalue weighted by molar-refractivity contribution is -0.140. The molecule has 3 rings (SSSR count). The van der Waals surface area contributed by atoms with Crippen molar-refractivity contribution in [3.63, 3.8) is 0 Å². The lowest BCUT2D eigenvalue weighted by Crippen LogP contribution is -2.52. The minimum absolute atomic E-state index is 0.0776. The van der Waals surface area contributed by atoms with Gasteiger partial charge in [-0.05, 0) is 74.2 Å². The number of carbonyl (C=O) groups excluding carboxylic acids is 2. The maximum Gasteiger partial charge on any atom is 0.264 e. The number of benzene rings is 3. The molecular weight excluding hydrogens is 514 g/mol. The lowest BCUT2D eigenvalue weighted by Gasteiger charge is -2.33. The molecule has 9 heteroatoms. The van der Waals surface area contributed by atoms with Gasteiger partial charge in [-0.1, -0.05) is 49.4 Å². The first-order valence-corrected chi connectivity index (χ1v) is 14.4. The number of hydrogen-bond acceptors (Lipinski definition) is 5. The smallest absolute Gasteiger partial charge is 0.264 e. The highest BCUT2D eigenvalue weighted by molar-refractivity contribution is 7.92. The number of carbonyl (C=O) groups is 2.